The number of aromatic nitrogens is 2. The maximum atomic E-state index is 14.7. The summed E-state index contributed by atoms with van der Waals surface area (Å²) in [5.74, 6) is -4.01. The molecule has 4 amide bonds. The number of aliphatic carboxylic acids is 1. The molecule has 322 valence electrons. The fourth-order valence-electron chi connectivity index (χ4n) is 7.64. The highest BCUT2D eigenvalue weighted by Crippen LogP contribution is 2.21. The number of carboxylic acid groups (broad SMARTS) is 1. The second-order valence-corrected chi connectivity index (χ2v) is 15.6. The van der Waals surface area contributed by atoms with Crippen LogP contribution in [0.3, 0.4) is 0 Å². The molecule has 0 aliphatic carbocycles. The summed E-state index contributed by atoms with van der Waals surface area (Å²) in [4.78, 5) is 75.9. The number of aromatic amines is 2. The summed E-state index contributed by atoms with van der Waals surface area (Å²) in [6.07, 6.45) is 3.60. The number of benzene rings is 5. The Morgan fingerprint density at radius 1 is 0.460 bits per heavy atom. The lowest BCUT2D eigenvalue weighted by Crippen LogP contribution is -2.59. The van der Waals surface area contributed by atoms with Crippen LogP contribution in [0, 0.1) is 0 Å². The van der Waals surface area contributed by atoms with Crippen molar-refractivity contribution >= 4 is 51.4 Å². The number of hydrogen-bond acceptors (Lipinski definition) is 7. The van der Waals surface area contributed by atoms with Crippen LogP contribution in [0.5, 0.6) is 5.75 Å². The molecule has 2 aromatic heterocycles. The minimum atomic E-state index is -1.37. The van der Waals surface area contributed by atoms with Gasteiger partial charge in [-0.05, 0) is 58.5 Å². The number of aromatic hydroxyl groups is 1. The van der Waals surface area contributed by atoms with E-state index in [1.165, 1.54) is 12.1 Å². The molecule has 0 aliphatic heterocycles. The molecule has 0 unspecified atom stereocenters. The van der Waals surface area contributed by atoms with Gasteiger partial charge in [0, 0.05) is 59.9 Å². The molecule has 14 heteroatoms. The van der Waals surface area contributed by atoms with E-state index < -0.39 is 59.8 Å². The van der Waals surface area contributed by atoms with Crippen molar-refractivity contribution < 1.29 is 34.2 Å². The van der Waals surface area contributed by atoms with Gasteiger partial charge in [0.2, 0.25) is 23.6 Å². The van der Waals surface area contributed by atoms with Crippen molar-refractivity contribution in [1.29, 1.82) is 0 Å². The minimum Gasteiger partial charge on any atom is -0.508 e. The van der Waals surface area contributed by atoms with Crippen molar-refractivity contribution in [2.45, 2.75) is 62.3 Å². The lowest BCUT2D eigenvalue weighted by Gasteiger charge is -2.27. The van der Waals surface area contributed by atoms with Crippen molar-refractivity contribution in [3.8, 4) is 5.75 Å². The van der Waals surface area contributed by atoms with Crippen LogP contribution in [0.15, 0.2) is 146 Å². The number of hydrogen-bond donors (Lipinski definition) is 9. The summed E-state index contributed by atoms with van der Waals surface area (Å²) < 4.78 is 0. The van der Waals surface area contributed by atoms with E-state index in [1.54, 1.807) is 24.5 Å². The quantitative estimate of drug-likeness (QED) is 0.0571. The van der Waals surface area contributed by atoms with Crippen LogP contribution in [0.4, 0.5) is 0 Å². The zero-order valence-electron chi connectivity index (χ0n) is 34.3. The van der Waals surface area contributed by atoms with Crippen LogP contribution in [0.1, 0.15) is 27.8 Å². The molecular formula is C49H49N7O7. The Hall–Kier alpha value is -7.71. The van der Waals surface area contributed by atoms with E-state index in [0.29, 0.717) is 16.7 Å². The summed E-state index contributed by atoms with van der Waals surface area (Å²) in [7, 11) is 0. The number of para-hydroxylation sites is 2. The number of carbonyl (C=O) groups is 5. The third kappa shape index (κ3) is 11.4. The molecule has 0 saturated carbocycles. The van der Waals surface area contributed by atoms with E-state index in [9.17, 15) is 34.2 Å². The van der Waals surface area contributed by atoms with Gasteiger partial charge in [-0.15, -0.1) is 0 Å². The molecule has 63 heavy (non-hydrogen) atoms. The topological polar surface area (TPSA) is 232 Å². The van der Waals surface area contributed by atoms with Gasteiger partial charge in [0.1, 0.15) is 29.9 Å². The second kappa shape index (κ2) is 20.2. The molecule has 7 aromatic rings. The van der Waals surface area contributed by atoms with Gasteiger partial charge in [0.25, 0.3) is 0 Å². The first-order valence-corrected chi connectivity index (χ1v) is 20.7. The average Bonchev–Trinajstić information content (AvgIpc) is 3.90. The molecule has 0 bridgehead atoms. The highest BCUT2D eigenvalue weighted by molar-refractivity contribution is 5.96. The van der Waals surface area contributed by atoms with E-state index in [4.69, 9.17) is 5.73 Å². The van der Waals surface area contributed by atoms with E-state index in [1.807, 2.05) is 109 Å². The van der Waals surface area contributed by atoms with Crippen molar-refractivity contribution in [3.63, 3.8) is 0 Å². The Morgan fingerprint density at radius 3 is 1.33 bits per heavy atom. The van der Waals surface area contributed by atoms with Crippen LogP contribution >= 0.6 is 0 Å². The number of amides is 4. The lowest BCUT2D eigenvalue weighted by molar-refractivity contribution is -0.142. The molecule has 5 aromatic carbocycles. The summed E-state index contributed by atoms with van der Waals surface area (Å²) in [5.41, 5.74) is 11.5. The van der Waals surface area contributed by atoms with Crippen LogP contribution in [-0.4, -0.2) is 80.0 Å². The largest absolute Gasteiger partial charge is 0.508 e. The van der Waals surface area contributed by atoms with Gasteiger partial charge in [-0.2, -0.15) is 0 Å². The van der Waals surface area contributed by atoms with Gasteiger partial charge in [-0.1, -0.05) is 109 Å². The number of phenolic OH excluding ortho intramolecular Hbond substituents is 1. The van der Waals surface area contributed by atoms with Gasteiger partial charge in [-0.3, -0.25) is 19.2 Å². The van der Waals surface area contributed by atoms with Crippen molar-refractivity contribution in [2.75, 3.05) is 0 Å². The fourth-order valence-corrected chi connectivity index (χ4v) is 7.64. The van der Waals surface area contributed by atoms with E-state index in [0.717, 1.165) is 32.9 Å². The number of nitrogens with one attached hydrogen (secondary N) is 6. The summed E-state index contributed by atoms with van der Waals surface area (Å²) >= 11 is 0. The number of carboxylic acids is 1. The van der Waals surface area contributed by atoms with E-state index >= 15 is 0 Å². The van der Waals surface area contributed by atoms with Gasteiger partial charge in [0.05, 0.1) is 6.04 Å². The Labute approximate surface area is 363 Å². The van der Waals surface area contributed by atoms with Gasteiger partial charge in [-0.25, -0.2) is 4.79 Å². The Balaban J connectivity index is 1.16. The number of fused-ring (bicyclic) bond motifs is 2. The van der Waals surface area contributed by atoms with Gasteiger partial charge in [0.15, 0.2) is 0 Å². The highest BCUT2D eigenvalue weighted by Gasteiger charge is 2.33. The van der Waals surface area contributed by atoms with Crippen molar-refractivity contribution in [3.05, 3.63) is 174 Å². The molecule has 0 saturated heterocycles. The Morgan fingerprint density at radius 2 is 0.841 bits per heavy atom. The Kier molecular flexibility index (Phi) is 13.9. The summed E-state index contributed by atoms with van der Waals surface area (Å²) in [5, 5.41) is 33.0. The van der Waals surface area contributed by atoms with E-state index in [2.05, 4.69) is 31.2 Å². The smallest absolute Gasteiger partial charge is 0.326 e. The number of nitrogens with two attached hydrogens (primary N) is 1. The molecule has 0 radical (unpaired) electrons. The molecule has 14 nitrogen and oxygen atoms in total. The molecule has 7 rings (SSSR count). The zero-order chi connectivity index (χ0) is 44.3. The van der Waals surface area contributed by atoms with Gasteiger partial charge >= 0.3 is 5.97 Å². The fraction of sp³-hybridized carbons (Fsp3) is 0.204. The zero-order valence-corrected chi connectivity index (χ0v) is 34.3. The number of H-pyrrole nitrogens is 2. The SMILES string of the molecule is N[C@@H](Cc1ccccc1)C(=O)N[C@@H](Cc1ccccc1)C(=O)N[C@@H](Cc1c[nH]c2ccccc12)C(=O)N[C@@H](Cc1ccc(O)cc1)C(=O)N[C@@H](Cc1c[nH]c2ccccc12)C(=O)O. The summed E-state index contributed by atoms with van der Waals surface area (Å²) in [6, 6.07) is 33.2. The Bertz CT molecular complexity index is 2680. The number of carbonyl (C=O) groups excluding carboxylic acids is 4. The van der Waals surface area contributed by atoms with E-state index in [-0.39, 0.29) is 37.9 Å². The second-order valence-electron chi connectivity index (χ2n) is 15.6. The van der Waals surface area contributed by atoms with Gasteiger partial charge < -0.3 is 47.2 Å². The van der Waals surface area contributed by atoms with Crippen LogP contribution in [0.2, 0.25) is 0 Å². The first kappa shape index (κ1) is 43.4. The number of rotatable bonds is 19. The molecule has 2 heterocycles. The normalized spacial score (nSPS) is 13.6. The first-order chi connectivity index (χ1) is 30.5. The summed E-state index contributed by atoms with van der Waals surface area (Å²) in [6.45, 7) is 0. The van der Waals surface area contributed by atoms with Crippen LogP contribution in [0.25, 0.3) is 21.8 Å². The third-order valence-corrected chi connectivity index (χ3v) is 11.0. The molecule has 0 fully saturated rings. The predicted octanol–water partition coefficient (Wildman–Crippen LogP) is 4.22. The van der Waals surface area contributed by atoms with Crippen LogP contribution < -0.4 is 27.0 Å². The predicted molar refractivity (Wildman–Crippen MR) is 239 cm³/mol. The maximum Gasteiger partial charge on any atom is 0.326 e. The van der Waals surface area contributed by atoms with Crippen molar-refractivity contribution in [2.24, 2.45) is 5.73 Å². The molecular weight excluding hydrogens is 799 g/mol. The number of phenols is 1. The standard InChI is InChI=1S/C49H49N7O7/c50-38(23-30-11-3-1-4-12-30)45(58)53-41(24-31-13-5-2-6-14-31)46(59)55-43(26-33-28-51-39-17-9-7-15-36(33)39)48(61)54-42(25-32-19-21-35(57)22-20-32)47(60)56-44(49(62)63)27-34-29-52-40-18-10-8-16-37(34)40/h1-22,28-29,38,41-44,51-52,57H,23-27,50H2,(H,53,58)(H,54,61)(H,55,59)(H,56,60)(H,62,63)/t38-,41-,42-,43-,44-/m0/s1. The maximum absolute atomic E-state index is 14.7. The van der Waals surface area contributed by atoms with Crippen LogP contribution in [-0.2, 0) is 56.1 Å². The highest BCUT2D eigenvalue weighted by atomic mass is 16.4. The monoisotopic (exact) mass is 847 g/mol. The molecule has 10 N–H and O–H groups in total. The third-order valence-electron chi connectivity index (χ3n) is 11.0. The molecule has 5 atom stereocenters. The average molecular weight is 848 g/mol. The molecule has 0 aliphatic rings. The van der Waals surface area contributed by atoms with Crippen molar-refractivity contribution in [1.82, 2.24) is 31.2 Å². The molecule has 0 spiro atoms. The first-order valence-electron chi connectivity index (χ1n) is 20.7. The lowest BCUT2D eigenvalue weighted by atomic mass is 9.99. The minimum absolute atomic E-state index is 0.00636.